The van der Waals surface area contributed by atoms with Crippen molar-refractivity contribution in [2.24, 2.45) is 0 Å². The summed E-state index contributed by atoms with van der Waals surface area (Å²) in [6.45, 7) is 2.73. The van der Waals surface area contributed by atoms with E-state index in [1.165, 1.54) is 0 Å². The Morgan fingerprint density at radius 2 is 1.89 bits per heavy atom. The summed E-state index contributed by atoms with van der Waals surface area (Å²) in [5.74, 6) is -1.02. The van der Waals surface area contributed by atoms with Gasteiger partial charge in [-0.3, -0.25) is 19.3 Å². The van der Waals surface area contributed by atoms with Crippen LogP contribution in [0.15, 0.2) is 24.3 Å². The Labute approximate surface area is 163 Å². The molecule has 0 unspecified atom stereocenters. The smallest absolute Gasteiger partial charge is 0.326 e. The largest absolute Gasteiger partial charge is 0.497 e. The minimum absolute atomic E-state index is 0.380. The average Bonchev–Trinajstić information content (AvgIpc) is 2.90. The quantitative estimate of drug-likeness (QED) is 0.471. The van der Waals surface area contributed by atoms with Crippen LogP contribution in [0, 0.1) is 0 Å². The van der Waals surface area contributed by atoms with Crippen molar-refractivity contribution in [1.82, 2.24) is 15.5 Å². The van der Waals surface area contributed by atoms with Crippen LogP contribution in [0.3, 0.4) is 0 Å². The molecule has 4 amide bonds. The van der Waals surface area contributed by atoms with Crippen LogP contribution in [0.25, 0.3) is 0 Å². The molecule has 0 bridgehead atoms. The highest BCUT2D eigenvalue weighted by Gasteiger charge is 2.47. The third kappa shape index (κ3) is 5.21. The molecule has 0 saturated carbocycles. The lowest BCUT2D eigenvalue weighted by Gasteiger charge is -2.18. The number of carbonyl (C=O) groups excluding carboxylic acids is 4. The Morgan fingerprint density at radius 1 is 1.21 bits per heavy atom. The van der Waals surface area contributed by atoms with Gasteiger partial charge in [0.1, 0.15) is 17.8 Å². The van der Waals surface area contributed by atoms with Crippen molar-refractivity contribution in [2.45, 2.75) is 32.2 Å². The molecule has 9 nitrogen and oxygen atoms in total. The lowest BCUT2D eigenvalue weighted by Crippen LogP contribution is -2.43. The Balaban J connectivity index is 1.70. The van der Waals surface area contributed by atoms with E-state index in [1.54, 1.807) is 21.0 Å². The number of methoxy groups -OCH3 is 1. The Kier molecular flexibility index (Phi) is 6.97. The molecule has 1 heterocycles. The number of nitrogens with zero attached hydrogens (tertiary/aromatic N) is 1. The maximum Gasteiger partial charge on any atom is 0.326 e. The van der Waals surface area contributed by atoms with Crippen LogP contribution >= 0.6 is 0 Å². The van der Waals surface area contributed by atoms with Gasteiger partial charge in [0.05, 0.1) is 7.11 Å². The first-order chi connectivity index (χ1) is 13.3. The summed E-state index contributed by atoms with van der Waals surface area (Å²) >= 11 is 0. The van der Waals surface area contributed by atoms with Gasteiger partial charge in [0.25, 0.3) is 11.8 Å². The van der Waals surface area contributed by atoms with Crippen molar-refractivity contribution in [2.75, 3.05) is 26.8 Å². The fraction of sp³-hybridized carbons (Fsp3) is 0.474. The second-order valence-electron chi connectivity index (χ2n) is 6.62. The monoisotopic (exact) mass is 391 g/mol. The number of amides is 4. The lowest BCUT2D eigenvalue weighted by atomic mass is 9.99. The predicted molar refractivity (Wildman–Crippen MR) is 99.6 cm³/mol. The van der Waals surface area contributed by atoms with Gasteiger partial charge in [-0.15, -0.1) is 0 Å². The Bertz CT molecular complexity index is 749. The first-order valence-corrected chi connectivity index (χ1v) is 8.98. The number of carbonyl (C=O) groups is 4. The third-order valence-electron chi connectivity index (χ3n) is 4.60. The summed E-state index contributed by atoms with van der Waals surface area (Å²) in [5, 5.41) is 5.18. The second kappa shape index (κ2) is 9.20. The molecule has 0 radical (unpaired) electrons. The number of imide groups is 1. The van der Waals surface area contributed by atoms with Crippen LogP contribution in [0.2, 0.25) is 0 Å². The summed E-state index contributed by atoms with van der Waals surface area (Å²) in [6, 6.07) is 6.81. The normalized spacial score (nSPS) is 18.6. The molecule has 1 aliphatic rings. The van der Waals surface area contributed by atoms with Crippen LogP contribution in [0.1, 0.15) is 25.8 Å². The number of ether oxygens (including phenoxy) is 2. The molecule has 1 aliphatic heterocycles. The number of hydrogen-bond donors (Lipinski definition) is 2. The molecule has 9 heteroatoms. The summed E-state index contributed by atoms with van der Waals surface area (Å²) in [7, 11) is 1.59. The summed E-state index contributed by atoms with van der Waals surface area (Å²) in [6.07, 6.45) is 1.02. The highest BCUT2D eigenvalue weighted by atomic mass is 16.5. The molecular formula is C19H25N3O6. The van der Waals surface area contributed by atoms with E-state index in [0.29, 0.717) is 19.4 Å². The van der Waals surface area contributed by atoms with E-state index in [4.69, 9.17) is 9.47 Å². The number of benzene rings is 1. The van der Waals surface area contributed by atoms with Crippen LogP contribution in [-0.4, -0.2) is 61.1 Å². The van der Waals surface area contributed by atoms with Crippen molar-refractivity contribution >= 4 is 23.8 Å². The number of hydrogen-bond acceptors (Lipinski definition) is 6. The van der Waals surface area contributed by atoms with Crippen molar-refractivity contribution in [1.29, 1.82) is 0 Å². The van der Waals surface area contributed by atoms with Crippen LogP contribution in [-0.2, 0) is 25.5 Å². The van der Waals surface area contributed by atoms with Gasteiger partial charge in [0.2, 0.25) is 0 Å². The van der Waals surface area contributed by atoms with Crippen LogP contribution in [0.5, 0.6) is 5.75 Å². The van der Waals surface area contributed by atoms with Gasteiger partial charge >= 0.3 is 12.0 Å². The molecule has 1 aromatic rings. The minimum Gasteiger partial charge on any atom is -0.497 e. The molecule has 0 spiro atoms. The summed E-state index contributed by atoms with van der Waals surface area (Å²) in [5.41, 5.74) is 0.00606. The Morgan fingerprint density at radius 3 is 2.46 bits per heavy atom. The molecule has 1 fully saturated rings. The topological polar surface area (TPSA) is 114 Å². The van der Waals surface area contributed by atoms with Gasteiger partial charge in [-0.25, -0.2) is 4.79 Å². The zero-order chi connectivity index (χ0) is 20.7. The van der Waals surface area contributed by atoms with E-state index in [9.17, 15) is 19.2 Å². The zero-order valence-corrected chi connectivity index (χ0v) is 16.2. The molecular weight excluding hydrogens is 366 g/mol. The van der Waals surface area contributed by atoms with Gasteiger partial charge in [-0.1, -0.05) is 19.1 Å². The lowest BCUT2D eigenvalue weighted by molar-refractivity contribution is -0.151. The number of nitrogens with one attached hydrogen (secondary N) is 2. The van der Waals surface area contributed by atoms with Gasteiger partial charge in [-0.2, -0.15) is 0 Å². The van der Waals surface area contributed by atoms with Crippen molar-refractivity contribution < 1.29 is 28.7 Å². The molecule has 2 N–H and O–H groups in total. The second-order valence-corrected chi connectivity index (χ2v) is 6.62. The number of esters is 1. The zero-order valence-electron chi connectivity index (χ0n) is 16.2. The van der Waals surface area contributed by atoms with Crippen LogP contribution in [0.4, 0.5) is 4.79 Å². The van der Waals surface area contributed by atoms with Gasteiger partial charge < -0.3 is 20.1 Å². The molecule has 0 aliphatic carbocycles. The molecule has 1 aromatic carbocycles. The van der Waals surface area contributed by atoms with Crippen LogP contribution < -0.4 is 15.4 Å². The molecule has 1 atom stereocenters. The number of rotatable bonds is 9. The average molecular weight is 391 g/mol. The highest BCUT2D eigenvalue weighted by molar-refractivity contribution is 6.08. The maximum atomic E-state index is 12.2. The first kappa shape index (κ1) is 21.2. The third-order valence-corrected chi connectivity index (χ3v) is 4.60. The van der Waals surface area contributed by atoms with E-state index in [2.05, 4.69) is 10.6 Å². The predicted octanol–water partition coefficient (Wildman–Crippen LogP) is 0.618. The standard InChI is InChI=1S/C19H25N3O6/c1-4-19(2)17(25)22(18(26)21-19)11-16(24)28-12-15(23)20-10-9-13-5-7-14(27-3)8-6-13/h5-8H,4,9-12H2,1-3H3,(H,20,23)(H,21,26)/t19-/m0/s1. The number of urea groups is 1. The van der Waals surface area contributed by atoms with E-state index in [-0.39, 0.29) is 0 Å². The van der Waals surface area contributed by atoms with Gasteiger partial charge in [0.15, 0.2) is 6.61 Å². The van der Waals surface area contributed by atoms with Gasteiger partial charge in [-0.05, 0) is 37.5 Å². The highest BCUT2D eigenvalue weighted by Crippen LogP contribution is 2.20. The first-order valence-electron chi connectivity index (χ1n) is 8.98. The summed E-state index contributed by atoms with van der Waals surface area (Å²) in [4.78, 5) is 48.5. The maximum absolute atomic E-state index is 12.2. The van der Waals surface area contributed by atoms with E-state index >= 15 is 0 Å². The molecule has 0 aromatic heterocycles. The molecule has 28 heavy (non-hydrogen) atoms. The minimum atomic E-state index is -1.02. The van der Waals surface area contributed by atoms with E-state index in [0.717, 1.165) is 16.2 Å². The van der Waals surface area contributed by atoms with Crippen molar-refractivity contribution in [3.63, 3.8) is 0 Å². The van der Waals surface area contributed by atoms with Gasteiger partial charge in [0, 0.05) is 6.54 Å². The van der Waals surface area contributed by atoms with E-state index < -0.39 is 42.5 Å². The molecule has 2 rings (SSSR count). The molecule has 152 valence electrons. The van der Waals surface area contributed by atoms with Crippen molar-refractivity contribution in [3.8, 4) is 5.75 Å². The fourth-order valence-electron chi connectivity index (χ4n) is 2.64. The molecule has 1 saturated heterocycles. The van der Waals surface area contributed by atoms with E-state index in [1.807, 2.05) is 24.3 Å². The summed E-state index contributed by atoms with van der Waals surface area (Å²) < 4.78 is 9.93. The SMILES string of the molecule is CC[C@]1(C)NC(=O)N(CC(=O)OCC(=O)NCCc2ccc(OC)cc2)C1=O. The van der Waals surface area contributed by atoms with Crippen molar-refractivity contribution in [3.05, 3.63) is 29.8 Å². The fourth-order valence-corrected chi connectivity index (χ4v) is 2.64. The Hall–Kier alpha value is -3.10.